The van der Waals surface area contributed by atoms with Gasteiger partial charge >= 0.3 is 0 Å². The quantitative estimate of drug-likeness (QED) is 0.0525. The molecule has 0 radical (unpaired) electrons. The Bertz CT molecular complexity index is 2260. The molecule has 0 aliphatic carbocycles. The van der Waals surface area contributed by atoms with E-state index in [1.54, 1.807) is 61.0 Å². The van der Waals surface area contributed by atoms with Crippen LogP contribution in [0.3, 0.4) is 0 Å². The molecule has 2 aliphatic rings. The number of rotatable bonds is 24. The summed E-state index contributed by atoms with van der Waals surface area (Å²) in [4.78, 5) is 58.3. The second-order valence-electron chi connectivity index (χ2n) is 17.3. The Labute approximate surface area is 409 Å². The van der Waals surface area contributed by atoms with E-state index in [-0.39, 0.29) is 48.9 Å². The first-order valence-corrected chi connectivity index (χ1v) is 23.8. The number of aromatic nitrogens is 8. The highest BCUT2D eigenvalue weighted by Gasteiger charge is 2.39. The molecule has 22 heteroatoms. The van der Waals surface area contributed by atoms with Crippen LogP contribution in [0.15, 0.2) is 60.7 Å². The Morgan fingerprint density at radius 3 is 1.41 bits per heavy atom. The topological polar surface area (TPSA) is 253 Å². The third-order valence-corrected chi connectivity index (χ3v) is 12.5. The highest BCUT2D eigenvalue weighted by molar-refractivity contribution is 5.91. The maximum Gasteiger partial charge on any atom is 0.248 e. The third kappa shape index (κ3) is 14.8. The number of likely N-dealkylation sites (tertiary alicyclic amines) is 2. The fourth-order valence-corrected chi connectivity index (χ4v) is 8.13. The van der Waals surface area contributed by atoms with Gasteiger partial charge in [-0.25, -0.2) is 9.36 Å². The molecular weight excluding hydrogens is 897 g/mol. The first kappa shape index (κ1) is 52.4. The number of nitrogens with one attached hydrogen (secondary N) is 6. The van der Waals surface area contributed by atoms with Gasteiger partial charge in [0.2, 0.25) is 35.5 Å². The molecule has 2 aliphatic heterocycles. The molecule has 2 unspecified atom stereocenters. The highest BCUT2D eigenvalue weighted by Crippen LogP contribution is 2.24. The Morgan fingerprint density at radius 2 is 1.03 bits per heavy atom. The van der Waals surface area contributed by atoms with Gasteiger partial charge in [0.1, 0.15) is 25.3 Å². The summed E-state index contributed by atoms with van der Waals surface area (Å²) < 4.78 is 15.4. The first-order chi connectivity index (χ1) is 34.0. The number of tetrazole rings is 2. The normalized spacial score (nSPS) is 18.0. The van der Waals surface area contributed by atoms with Crippen LogP contribution in [0, 0.1) is 23.7 Å². The van der Waals surface area contributed by atoms with Gasteiger partial charge in [-0.05, 0) is 111 Å². The zero-order valence-corrected chi connectivity index (χ0v) is 40.8. The molecule has 0 bridgehead atoms. The summed E-state index contributed by atoms with van der Waals surface area (Å²) in [6.45, 7) is 9.51. The molecule has 22 nitrogen and oxygen atoms in total. The Kier molecular flexibility index (Phi) is 20.0. The number of nitrogens with zero attached hydrogens (tertiary/aromatic N) is 10. The Hall–Kier alpha value is -6.98. The molecule has 70 heavy (non-hydrogen) atoms. The maximum absolute atomic E-state index is 14.3. The SMILES string of the molecule is CN[C@@H](C)C(=O)NC(C(=O)N1CCC[C@H]1Cn1nnnc1NCc1ccccc1)[C@@H](C)OCC#CC#CCO[C@H](C)C(NC(=O)[C@H](C)NC)C(=O)N1CCC[C@H]1Cn1nnnc1NCc1ccccc1. The van der Waals surface area contributed by atoms with Gasteiger partial charge in [0, 0.05) is 26.2 Å². The van der Waals surface area contributed by atoms with Crippen molar-refractivity contribution < 1.29 is 28.7 Å². The standard InChI is InChI=1S/C48H66N16O6/c1-33(49-5)43(65)53-41(45(67)61-25-17-23-39(61)31-63-47(55-57-59-63)51-29-37-19-11-9-12-20-37)35(3)69-27-15-7-8-16-28-70-36(4)42(54-44(66)34(2)50-6)46(68)62-26-18-24-40(62)32-64-48(56-58-60-64)52-30-38-21-13-10-14-22-38/h9-14,19-22,33-36,39-42,49-50H,17-18,23-32H2,1-6H3,(H,53,65)(H,54,66)(H,51,55,59)(H,52,56,60)/t33-,34-,35+,36+,39-,40-,41?,42?/m0/s1. The highest BCUT2D eigenvalue weighted by atomic mass is 16.5. The van der Waals surface area contributed by atoms with Gasteiger partial charge in [-0.1, -0.05) is 82.7 Å². The predicted octanol–water partition coefficient (Wildman–Crippen LogP) is 0.568. The molecule has 4 amide bonds. The van der Waals surface area contributed by atoms with Gasteiger partial charge in [0.05, 0.1) is 49.5 Å². The number of carbonyl (C=O) groups is 4. The summed E-state index contributed by atoms with van der Waals surface area (Å²) in [7, 11) is 3.34. The Balaban J connectivity index is 1.03. The zero-order chi connectivity index (χ0) is 49.8. The molecule has 4 heterocycles. The molecule has 374 valence electrons. The Morgan fingerprint density at radius 1 is 0.629 bits per heavy atom. The smallest absolute Gasteiger partial charge is 0.248 e. The number of anilines is 2. The lowest BCUT2D eigenvalue weighted by Gasteiger charge is -2.32. The molecule has 6 rings (SSSR count). The minimum Gasteiger partial charge on any atom is -0.363 e. The largest absolute Gasteiger partial charge is 0.363 e. The molecule has 4 aromatic rings. The van der Waals surface area contributed by atoms with Crippen molar-refractivity contribution >= 4 is 35.5 Å². The summed E-state index contributed by atoms with van der Waals surface area (Å²) in [6.07, 6.45) is 1.52. The van der Waals surface area contributed by atoms with Gasteiger partial charge in [0.15, 0.2) is 0 Å². The van der Waals surface area contributed by atoms with E-state index in [1.807, 2.05) is 60.7 Å². The molecule has 2 fully saturated rings. The number of ether oxygens (including phenoxy) is 2. The van der Waals surface area contributed by atoms with Crippen LogP contribution in [0.5, 0.6) is 0 Å². The number of amides is 4. The van der Waals surface area contributed by atoms with E-state index in [2.05, 4.69) is 86.6 Å². The fraction of sp³-hybridized carbons (Fsp3) is 0.542. The van der Waals surface area contributed by atoms with Crippen molar-refractivity contribution in [1.29, 1.82) is 0 Å². The van der Waals surface area contributed by atoms with Crippen molar-refractivity contribution in [2.45, 2.75) is 128 Å². The van der Waals surface area contributed by atoms with Crippen LogP contribution in [0.4, 0.5) is 11.9 Å². The van der Waals surface area contributed by atoms with Gasteiger partial charge in [0.25, 0.3) is 0 Å². The maximum atomic E-state index is 14.3. The van der Waals surface area contributed by atoms with E-state index in [4.69, 9.17) is 9.47 Å². The molecule has 0 saturated carbocycles. The van der Waals surface area contributed by atoms with Crippen molar-refractivity contribution in [3.63, 3.8) is 0 Å². The molecule has 2 saturated heterocycles. The first-order valence-electron chi connectivity index (χ1n) is 23.8. The van der Waals surface area contributed by atoms with Crippen LogP contribution in [-0.4, -0.2) is 163 Å². The molecule has 8 atom stereocenters. The zero-order valence-electron chi connectivity index (χ0n) is 40.8. The van der Waals surface area contributed by atoms with Crippen LogP contribution in [-0.2, 0) is 54.8 Å². The molecule has 6 N–H and O–H groups in total. The van der Waals surface area contributed by atoms with Crippen molar-refractivity contribution in [2.75, 3.05) is 51.0 Å². The van der Waals surface area contributed by atoms with E-state index in [9.17, 15) is 19.2 Å². The summed E-state index contributed by atoms with van der Waals surface area (Å²) in [5, 5.41) is 42.6. The van der Waals surface area contributed by atoms with Crippen LogP contribution in [0.25, 0.3) is 0 Å². The van der Waals surface area contributed by atoms with Crippen molar-refractivity contribution in [3.05, 3.63) is 71.8 Å². The van der Waals surface area contributed by atoms with E-state index in [1.165, 1.54) is 0 Å². The van der Waals surface area contributed by atoms with Gasteiger partial charge in [-0.3, -0.25) is 19.2 Å². The van der Waals surface area contributed by atoms with Crippen LogP contribution >= 0.6 is 0 Å². The third-order valence-electron chi connectivity index (χ3n) is 12.5. The number of hydrogen-bond acceptors (Lipinski definition) is 16. The van der Waals surface area contributed by atoms with Crippen LogP contribution in [0.2, 0.25) is 0 Å². The van der Waals surface area contributed by atoms with E-state index in [0.717, 1.165) is 36.8 Å². The second-order valence-corrected chi connectivity index (χ2v) is 17.3. The summed E-state index contributed by atoms with van der Waals surface area (Å²) in [5.41, 5.74) is 2.15. The summed E-state index contributed by atoms with van der Waals surface area (Å²) >= 11 is 0. The minimum atomic E-state index is -1.00. The lowest BCUT2D eigenvalue weighted by Crippen LogP contribution is -2.58. The van der Waals surface area contributed by atoms with Gasteiger partial charge in [-0.15, -0.1) is 0 Å². The number of benzene rings is 2. The average Bonchev–Trinajstić information content (AvgIpc) is 4.23. The molecule has 0 spiro atoms. The molecule has 2 aromatic carbocycles. The average molecular weight is 963 g/mol. The lowest BCUT2D eigenvalue weighted by molar-refractivity contribution is -0.141. The van der Waals surface area contributed by atoms with Crippen LogP contribution < -0.4 is 31.9 Å². The van der Waals surface area contributed by atoms with Crippen molar-refractivity contribution in [2.24, 2.45) is 0 Å². The number of hydrogen-bond donors (Lipinski definition) is 6. The predicted molar refractivity (Wildman–Crippen MR) is 260 cm³/mol. The van der Waals surface area contributed by atoms with Gasteiger partial charge in [-0.2, -0.15) is 0 Å². The van der Waals surface area contributed by atoms with E-state index >= 15 is 0 Å². The van der Waals surface area contributed by atoms with E-state index in [0.29, 0.717) is 51.2 Å². The molecular formula is C48H66N16O6. The lowest BCUT2D eigenvalue weighted by atomic mass is 10.1. The summed E-state index contributed by atoms with van der Waals surface area (Å²) in [6, 6.07) is 16.2. The number of likely N-dealkylation sites (N-methyl/N-ethyl adjacent to an activating group) is 2. The van der Waals surface area contributed by atoms with Crippen molar-refractivity contribution in [3.8, 4) is 23.7 Å². The monoisotopic (exact) mass is 963 g/mol. The second kappa shape index (κ2) is 26.7. The summed E-state index contributed by atoms with van der Waals surface area (Å²) in [5.74, 6) is 10.9. The fourth-order valence-electron chi connectivity index (χ4n) is 8.13. The number of carbonyl (C=O) groups excluding carboxylic acids is 4. The van der Waals surface area contributed by atoms with Gasteiger partial charge < -0.3 is 51.2 Å². The van der Waals surface area contributed by atoms with Crippen LogP contribution in [0.1, 0.15) is 64.5 Å². The van der Waals surface area contributed by atoms with Crippen molar-refractivity contribution in [1.82, 2.24) is 71.5 Å². The minimum absolute atomic E-state index is 0.0721. The van der Waals surface area contributed by atoms with E-state index < -0.39 is 36.4 Å². The molecule has 2 aromatic heterocycles.